The van der Waals surface area contributed by atoms with Gasteiger partial charge in [0, 0.05) is 26.1 Å². The van der Waals surface area contributed by atoms with Crippen molar-refractivity contribution < 1.29 is 9.59 Å². The molecule has 8 heteroatoms. The number of fused-ring (bicyclic) bond motifs is 1. The minimum Gasteiger partial charge on any atom is -0.369 e. The minimum absolute atomic E-state index is 0.0618. The molecule has 3 heterocycles. The first kappa shape index (κ1) is 15.7. The van der Waals surface area contributed by atoms with Crippen LogP contribution in [0, 0.1) is 5.92 Å². The number of nitrogens with two attached hydrogens (primary N) is 1. The van der Waals surface area contributed by atoms with Crippen LogP contribution in [0.3, 0.4) is 0 Å². The van der Waals surface area contributed by atoms with Crippen molar-refractivity contribution in [1.29, 1.82) is 0 Å². The van der Waals surface area contributed by atoms with Crippen LogP contribution in [0.25, 0.3) is 10.2 Å². The van der Waals surface area contributed by atoms with Crippen molar-refractivity contribution in [2.45, 2.75) is 25.8 Å². The fourth-order valence-corrected chi connectivity index (χ4v) is 3.59. The second-order valence-corrected chi connectivity index (χ2v) is 6.61. The summed E-state index contributed by atoms with van der Waals surface area (Å²) in [7, 11) is 0. The molecule has 0 bridgehead atoms. The molecule has 1 saturated heterocycles. The largest absolute Gasteiger partial charge is 0.369 e. The van der Waals surface area contributed by atoms with Gasteiger partial charge in [0.05, 0.1) is 17.6 Å². The Labute approximate surface area is 136 Å². The standard InChI is InChI=1S/C15H18N4O3S/c16-13(21)10-2-1-5-18(8-10)12(20)3-6-19-9-17-14-11(15(19)22)4-7-23-14/h4,7,9-10H,1-3,5-6,8H2,(H2,16,21)/t10-/m0/s1. The van der Waals surface area contributed by atoms with Gasteiger partial charge in [-0.15, -0.1) is 11.3 Å². The maximum atomic E-state index is 12.3. The zero-order valence-electron chi connectivity index (χ0n) is 12.6. The molecule has 0 aromatic carbocycles. The van der Waals surface area contributed by atoms with Crippen LogP contribution < -0.4 is 11.3 Å². The van der Waals surface area contributed by atoms with Crippen LogP contribution in [0.1, 0.15) is 19.3 Å². The van der Waals surface area contributed by atoms with Crippen LogP contribution in [0.2, 0.25) is 0 Å². The highest BCUT2D eigenvalue weighted by molar-refractivity contribution is 7.16. The molecule has 0 radical (unpaired) electrons. The Morgan fingerprint density at radius 2 is 2.26 bits per heavy atom. The molecule has 23 heavy (non-hydrogen) atoms. The predicted molar refractivity (Wildman–Crippen MR) is 87.0 cm³/mol. The van der Waals surface area contributed by atoms with Crippen LogP contribution in [0.15, 0.2) is 22.6 Å². The van der Waals surface area contributed by atoms with E-state index in [0.29, 0.717) is 23.3 Å². The molecule has 2 aromatic heterocycles. The van der Waals surface area contributed by atoms with E-state index in [9.17, 15) is 14.4 Å². The van der Waals surface area contributed by atoms with Gasteiger partial charge < -0.3 is 10.6 Å². The van der Waals surface area contributed by atoms with Gasteiger partial charge in [0.15, 0.2) is 0 Å². The third-order valence-corrected chi connectivity index (χ3v) is 5.01. The van der Waals surface area contributed by atoms with Gasteiger partial charge in [-0.2, -0.15) is 0 Å². The van der Waals surface area contributed by atoms with E-state index in [-0.39, 0.29) is 36.3 Å². The summed E-state index contributed by atoms with van der Waals surface area (Å²) in [5.74, 6) is -0.682. The van der Waals surface area contributed by atoms with Crippen molar-refractivity contribution in [3.05, 3.63) is 28.1 Å². The number of nitrogens with zero attached hydrogens (tertiary/aromatic N) is 3. The molecule has 7 nitrogen and oxygen atoms in total. The Bertz CT molecular complexity index is 797. The Morgan fingerprint density at radius 3 is 3.04 bits per heavy atom. The molecule has 0 spiro atoms. The van der Waals surface area contributed by atoms with E-state index in [1.807, 2.05) is 5.38 Å². The van der Waals surface area contributed by atoms with Crippen molar-refractivity contribution in [3.63, 3.8) is 0 Å². The zero-order valence-corrected chi connectivity index (χ0v) is 13.4. The summed E-state index contributed by atoms with van der Waals surface area (Å²) in [6.45, 7) is 1.30. The number of hydrogen-bond acceptors (Lipinski definition) is 5. The number of amides is 2. The van der Waals surface area contributed by atoms with Gasteiger partial charge in [0.25, 0.3) is 5.56 Å². The normalized spacial score (nSPS) is 18.3. The van der Waals surface area contributed by atoms with Gasteiger partial charge >= 0.3 is 0 Å². The number of aromatic nitrogens is 2. The van der Waals surface area contributed by atoms with Gasteiger partial charge in [0.1, 0.15) is 4.83 Å². The third-order valence-electron chi connectivity index (χ3n) is 4.19. The number of thiophene rings is 1. The lowest BCUT2D eigenvalue weighted by Gasteiger charge is -2.31. The van der Waals surface area contributed by atoms with Crippen LogP contribution in [0.5, 0.6) is 0 Å². The Balaban J connectivity index is 1.65. The molecule has 2 amide bonds. The zero-order chi connectivity index (χ0) is 16.4. The number of primary amides is 1. The predicted octanol–water partition coefficient (Wildman–Crippen LogP) is 0.572. The Morgan fingerprint density at radius 1 is 1.43 bits per heavy atom. The van der Waals surface area contributed by atoms with E-state index in [1.165, 1.54) is 22.2 Å². The number of piperidine rings is 1. The van der Waals surface area contributed by atoms with Crippen molar-refractivity contribution in [2.24, 2.45) is 11.7 Å². The van der Waals surface area contributed by atoms with Gasteiger partial charge in [0.2, 0.25) is 11.8 Å². The summed E-state index contributed by atoms with van der Waals surface area (Å²) in [5.41, 5.74) is 5.20. The lowest BCUT2D eigenvalue weighted by Crippen LogP contribution is -2.44. The fourth-order valence-electron chi connectivity index (χ4n) is 2.86. The van der Waals surface area contributed by atoms with Crippen LogP contribution in [0.4, 0.5) is 0 Å². The van der Waals surface area contributed by atoms with Crippen molar-refractivity contribution in [3.8, 4) is 0 Å². The van der Waals surface area contributed by atoms with Gasteiger partial charge in [-0.1, -0.05) is 0 Å². The maximum Gasteiger partial charge on any atom is 0.262 e. The molecule has 122 valence electrons. The van der Waals surface area contributed by atoms with Crippen LogP contribution in [-0.2, 0) is 16.1 Å². The summed E-state index contributed by atoms with van der Waals surface area (Å²) in [4.78, 5) is 42.4. The van der Waals surface area contributed by atoms with E-state index < -0.39 is 0 Å². The number of carbonyl (C=O) groups excluding carboxylic acids is 2. The smallest absolute Gasteiger partial charge is 0.262 e. The quantitative estimate of drug-likeness (QED) is 0.884. The van der Waals surface area contributed by atoms with E-state index in [0.717, 1.165) is 12.8 Å². The number of carbonyl (C=O) groups is 2. The molecule has 1 fully saturated rings. The highest BCUT2D eigenvalue weighted by atomic mass is 32.1. The Hall–Kier alpha value is -2.22. The monoisotopic (exact) mass is 334 g/mol. The number of hydrogen-bond donors (Lipinski definition) is 1. The molecule has 1 aliphatic heterocycles. The molecule has 0 unspecified atom stereocenters. The molecule has 0 saturated carbocycles. The summed E-state index contributed by atoms with van der Waals surface area (Å²) in [6, 6.07) is 1.75. The summed E-state index contributed by atoms with van der Waals surface area (Å²) in [5, 5.41) is 2.41. The molecule has 0 aliphatic carbocycles. The third kappa shape index (κ3) is 3.26. The van der Waals surface area contributed by atoms with E-state index in [4.69, 9.17) is 5.73 Å². The lowest BCUT2D eigenvalue weighted by atomic mass is 9.97. The second-order valence-electron chi connectivity index (χ2n) is 5.71. The fraction of sp³-hybridized carbons (Fsp3) is 0.467. The first-order valence-electron chi connectivity index (χ1n) is 7.56. The molecular formula is C15H18N4O3S. The average Bonchev–Trinajstić information content (AvgIpc) is 3.03. The van der Waals surface area contributed by atoms with Crippen molar-refractivity contribution >= 4 is 33.4 Å². The average molecular weight is 334 g/mol. The summed E-state index contributed by atoms with van der Waals surface area (Å²) >= 11 is 1.42. The highest BCUT2D eigenvalue weighted by Crippen LogP contribution is 2.17. The minimum atomic E-state index is -0.356. The second kappa shape index (κ2) is 6.49. The van der Waals surface area contributed by atoms with Gasteiger partial charge in [-0.3, -0.25) is 19.0 Å². The highest BCUT2D eigenvalue weighted by Gasteiger charge is 2.26. The molecule has 2 N–H and O–H groups in total. The first-order valence-corrected chi connectivity index (χ1v) is 8.44. The van der Waals surface area contributed by atoms with Crippen molar-refractivity contribution in [1.82, 2.24) is 14.5 Å². The van der Waals surface area contributed by atoms with Gasteiger partial charge in [-0.25, -0.2) is 4.98 Å². The van der Waals surface area contributed by atoms with E-state index in [1.54, 1.807) is 11.0 Å². The van der Waals surface area contributed by atoms with Crippen LogP contribution >= 0.6 is 11.3 Å². The van der Waals surface area contributed by atoms with Crippen molar-refractivity contribution in [2.75, 3.05) is 13.1 Å². The molecular weight excluding hydrogens is 316 g/mol. The summed E-state index contributed by atoms with van der Waals surface area (Å²) < 4.78 is 1.46. The first-order chi connectivity index (χ1) is 11.1. The van der Waals surface area contributed by atoms with E-state index >= 15 is 0 Å². The number of aryl methyl sites for hydroxylation is 1. The van der Waals surface area contributed by atoms with Crippen LogP contribution in [-0.4, -0.2) is 39.4 Å². The van der Waals surface area contributed by atoms with Gasteiger partial charge in [-0.05, 0) is 24.3 Å². The molecule has 2 aromatic rings. The molecule has 1 atom stereocenters. The van der Waals surface area contributed by atoms with E-state index in [2.05, 4.69) is 4.98 Å². The summed E-state index contributed by atoms with van der Waals surface area (Å²) in [6.07, 6.45) is 3.21. The number of likely N-dealkylation sites (tertiary alicyclic amines) is 1. The topological polar surface area (TPSA) is 98.3 Å². The maximum absolute atomic E-state index is 12.3. The SMILES string of the molecule is NC(=O)[C@H]1CCCN(C(=O)CCn2cnc3sccc3c2=O)C1. The molecule has 3 rings (SSSR count). The Kier molecular flexibility index (Phi) is 4.42. The lowest BCUT2D eigenvalue weighted by molar-refractivity contribution is -0.135. The molecule has 1 aliphatic rings. The number of rotatable bonds is 4.